The summed E-state index contributed by atoms with van der Waals surface area (Å²) in [6, 6.07) is 0.0109. The van der Waals surface area contributed by atoms with Gasteiger partial charge in [-0.15, -0.1) is 11.3 Å². The van der Waals surface area contributed by atoms with Crippen LogP contribution in [0.25, 0.3) is 0 Å². The molecule has 114 valence electrons. The summed E-state index contributed by atoms with van der Waals surface area (Å²) in [6.07, 6.45) is 3.40. The van der Waals surface area contributed by atoms with E-state index in [1.54, 1.807) is 11.8 Å². The molecule has 0 saturated carbocycles. The Morgan fingerprint density at radius 1 is 1.50 bits per heavy atom. The number of amides is 1. The van der Waals surface area contributed by atoms with Crippen LogP contribution in [0.3, 0.4) is 0 Å². The molecule has 0 aromatic carbocycles. The number of carbonyl (C=O) groups is 1. The van der Waals surface area contributed by atoms with Crippen LogP contribution in [0.5, 0.6) is 0 Å². The second-order valence-electron chi connectivity index (χ2n) is 5.24. The summed E-state index contributed by atoms with van der Waals surface area (Å²) in [5, 5.41) is 13.0. The van der Waals surface area contributed by atoms with Gasteiger partial charge < -0.3 is 10.4 Å². The van der Waals surface area contributed by atoms with Gasteiger partial charge in [-0.3, -0.25) is 4.79 Å². The Balaban J connectivity index is 2.79. The zero-order valence-electron chi connectivity index (χ0n) is 12.6. The largest absolute Gasteiger partial charge is 0.396 e. The van der Waals surface area contributed by atoms with Crippen molar-refractivity contribution in [2.75, 3.05) is 18.6 Å². The molecule has 0 aliphatic carbocycles. The van der Waals surface area contributed by atoms with Crippen LogP contribution in [0.15, 0.2) is 0 Å². The minimum Gasteiger partial charge on any atom is -0.396 e. The van der Waals surface area contributed by atoms with Crippen molar-refractivity contribution < 1.29 is 9.90 Å². The van der Waals surface area contributed by atoms with Gasteiger partial charge in [0.25, 0.3) is 5.91 Å². The van der Waals surface area contributed by atoms with E-state index >= 15 is 0 Å². The van der Waals surface area contributed by atoms with Gasteiger partial charge in [0.15, 0.2) is 0 Å². The predicted octanol–water partition coefficient (Wildman–Crippen LogP) is 2.49. The first-order valence-electron chi connectivity index (χ1n) is 6.84. The first kappa shape index (κ1) is 17.5. The third-order valence-electron chi connectivity index (χ3n) is 2.79. The number of thioether (sulfide) groups is 1. The second kappa shape index (κ2) is 8.64. The molecule has 0 saturated heterocycles. The van der Waals surface area contributed by atoms with Crippen LogP contribution in [0.1, 0.15) is 40.6 Å². The number of thiazole rings is 1. The van der Waals surface area contributed by atoms with E-state index < -0.39 is 0 Å². The highest BCUT2D eigenvalue weighted by molar-refractivity contribution is 7.98. The minimum atomic E-state index is -0.0567. The number of hydrogen-bond acceptors (Lipinski definition) is 5. The molecule has 1 rings (SSSR count). The quantitative estimate of drug-likeness (QED) is 0.773. The number of rotatable bonds is 8. The van der Waals surface area contributed by atoms with Crippen LogP contribution in [-0.2, 0) is 6.42 Å². The summed E-state index contributed by atoms with van der Waals surface area (Å²) < 4.78 is 0. The zero-order valence-corrected chi connectivity index (χ0v) is 14.2. The molecule has 0 aliphatic heterocycles. The molecule has 20 heavy (non-hydrogen) atoms. The maximum absolute atomic E-state index is 12.4. The Kier molecular flexibility index (Phi) is 7.55. The summed E-state index contributed by atoms with van der Waals surface area (Å²) >= 11 is 3.12. The Hall–Kier alpha value is -0.590. The van der Waals surface area contributed by atoms with Gasteiger partial charge in [0.1, 0.15) is 4.88 Å². The molecular weight excluding hydrogens is 292 g/mol. The number of aromatic nitrogens is 1. The molecule has 4 nitrogen and oxygen atoms in total. The Labute approximate surface area is 129 Å². The minimum absolute atomic E-state index is 0.0109. The lowest BCUT2D eigenvalue weighted by Crippen LogP contribution is -2.37. The molecule has 0 radical (unpaired) electrons. The van der Waals surface area contributed by atoms with Crippen molar-refractivity contribution in [3.63, 3.8) is 0 Å². The van der Waals surface area contributed by atoms with Crippen molar-refractivity contribution in [2.24, 2.45) is 5.92 Å². The topological polar surface area (TPSA) is 62.2 Å². The monoisotopic (exact) mass is 316 g/mol. The molecule has 1 heterocycles. The first-order valence-corrected chi connectivity index (χ1v) is 9.05. The number of carbonyl (C=O) groups excluding carboxylic acids is 1. The van der Waals surface area contributed by atoms with Crippen LogP contribution in [0.4, 0.5) is 0 Å². The summed E-state index contributed by atoms with van der Waals surface area (Å²) in [6.45, 7) is 6.27. The van der Waals surface area contributed by atoms with Crippen molar-refractivity contribution in [3.8, 4) is 0 Å². The Morgan fingerprint density at radius 3 is 2.75 bits per heavy atom. The van der Waals surface area contributed by atoms with Crippen molar-refractivity contribution in [1.82, 2.24) is 10.3 Å². The van der Waals surface area contributed by atoms with Gasteiger partial charge in [0, 0.05) is 18.4 Å². The second-order valence-corrected chi connectivity index (χ2v) is 7.36. The number of nitrogens with zero attached hydrogens (tertiary/aromatic N) is 1. The number of aryl methyl sites for hydroxylation is 1. The zero-order chi connectivity index (χ0) is 15.1. The number of aliphatic hydroxyl groups is 1. The van der Waals surface area contributed by atoms with Gasteiger partial charge in [0.05, 0.1) is 10.7 Å². The summed E-state index contributed by atoms with van der Waals surface area (Å²) in [7, 11) is 0. The van der Waals surface area contributed by atoms with Crippen LogP contribution < -0.4 is 5.32 Å². The summed E-state index contributed by atoms with van der Waals surface area (Å²) in [5.41, 5.74) is 0.895. The van der Waals surface area contributed by atoms with Gasteiger partial charge >= 0.3 is 0 Å². The fourth-order valence-corrected chi connectivity index (χ4v) is 3.48. The molecule has 1 aromatic heterocycles. The van der Waals surface area contributed by atoms with Crippen LogP contribution in [0, 0.1) is 12.8 Å². The van der Waals surface area contributed by atoms with Crippen LogP contribution >= 0.6 is 23.1 Å². The molecule has 1 atom stereocenters. The fraction of sp³-hybridized carbons (Fsp3) is 0.714. The van der Waals surface area contributed by atoms with Crippen LogP contribution in [0.2, 0.25) is 0 Å². The highest BCUT2D eigenvalue weighted by Crippen LogP contribution is 2.21. The molecule has 1 unspecified atom stereocenters. The highest BCUT2D eigenvalue weighted by atomic mass is 32.2. The van der Waals surface area contributed by atoms with Gasteiger partial charge in [0.2, 0.25) is 0 Å². The van der Waals surface area contributed by atoms with E-state index in [1.165, 1.54) is 11.3 Å². The SMILES string of the molecule is CSCC(CCO)NC(=O)c1sc(C)nc1CC(C)C. The van der Waals surface area contributed by atoms with E-state index in [0.29, 0.717) is 12.3 Å². The van der Waals surface area contributed by atoms with E-state index in [1.807, 2.05) is 13.2 Å². The molecule has 1 aromatic rings. The normalized spacial score (nSPS) is 12.7. The van der Waals surface area contributed by atoms with E-state index in [4.69, 9.17) is 5.11 Å². The average Bonchev–Trinajstić information content (AvgIpc) is 2.70. The number of hydrogen-bond donors (Lipinski definition) is 2. The van der Waals surface area contributed by atoms with Crippen molar-refractivity contribution in [1.29, 1.82) is 0 Å². The van der Waals surface area contributed by atoms with E-state index in [0.717, 1.165) is 27.8 Å². The lowest BCUT2D eigenvalue weighted by molar-refractivity contribution is 0.0938. The Bertz CT molecular complexity index is 427. The third-order valence-corrected chi connectivity index (χ3v) is 4.54. The standard InChI is InChI=1S/C14H24N2O2S2/c1-9(2)7-12-13(20-10(3)15-12)14(18)16-11(5-6-17)8-19-4/h9,11,17H,5-8H2,1-4H3,(H,16,18). The van der Waals surface area contributed by atoms with Crippen molar-refractivity contribution in [3.05, 3.63) is 15.6 Å². The smallest absolute Gasteiger partial charge is 0.263 e. The Morgan fingerprint density at radius 2 is 2.20 bits per heavy atom. The van der Waals surface area contributed by atoms with E-state index in [-0.39, 0.29) is 18.6 Å². The maximum Gasteiger partial charge on any atom is 0.263 e. The molecule has 0 fully saturated rings. The third kappa shape index (κ3) is 5.42. The fourth-order valence-electron chi connectivity index (χ4n) is 1.98. The molecule has 0 aliphatic rings. The number of nitrogens with one attached hydrogen (secondary N) is 1. The molecule has 6 heteroatoms. The molecular formula is C14H24N2O2S2. The highest BCUT2D eigenvalue weighted by Gasteiger charge is 2.20. The lowest BCUT2D eigenvalue weighted by atomic mass is 10.1. The predicted molar refractivity (Wildman–Crippen MR) is 86.7 cm³/mol. The van der Waals surface area contributed by atoms with E-state index in [2.05, 4.69) is 24.1 Å². The molecule has 2 N–H and O–H groups in total. The van der Waals surface area contributed by atoms with Crippen LogP contribution in [-0.4, -0.2) is 40.7 Å². The van der Waals surface area contributed by atoms with Crippen molar-refractivity contribution in [2.45, 2.75) is 39.7 Å². The first-order chi connectivity index (χ1) is 9.47. The van der Waals surface area contributed by atoms with Gasteiger partial charge in [-0.2, -0.15) is 11.8 Å². The lowest BCUT2D eigenvalue weighted by Gasteiger charge is -2.16. The van der Waals surface area contributed by atoms with Gasteiger partial charge in [-0.25, -0.2) is 4.98 Å². The van der Waals surface area contributed by atoms with Gasteiger partial charge in [-0.05, 0) is 31.9 Å². The van der Waals surface area contributed by atoms with E-state index in [9.17, 15) is 4.79 Å². The van der Waals surface area contributed by atoms with Gasteiger partial charge in [-0.1, -0.05) is 13.8 Å². The average molecular weight is 316 g/mol. The molecule has 0 bridgehead atoms. The van der Waals surface area contributed by atoms with Crippen molar-refractivity contribution >= 4 is 29.0 Å². The summed E-state index contributed by atoms with van der Waals surface area (Å²) in [4.78, 5) is 17.6. The maximum atomic E-state index is 12.4. The molecule has 1 amide bonds. The summed E-state index contributed by atoms with van der Waals surface area (Å²) in [5.74, 6) is 1.23. The number of aliphatic hydroxyl groups excluding tert-OH is 1. The molecule has 0 spiro atoms.